The van der Waals surface area contributed by atoms with Gasteiger partial charge >= 0.3 is 0 Å². The molecule has 1 amide bonds. The van der Waals surface area contributed by atoms with E-state index in [0.29, 0.717) is 12.2 Å². The first-order valence-corrected chi connectivity index (χ1v) is 6.93. The Labute approximate surface area is 123 Å². The second kappa shape index (κ2) is 6.03. The van der Waals surface area contributed by atoms with Gasteiger partial charge in [-0.15, -0.1) is 0 Å². The fourth-order valence-electron chi connectivity index (χ4n) is 2.38. The number of primary amides is 1. The maximum Gasteiger partial charge on any atom is 0.248 e. The molecule has 5 heteroatoms. The predicted molar refractivity (Wildman–Crippen MR) is 79.8 cm³/mol. The van der Waals surface area contributed by atoms with Gasteiger partial charge in [0.25, 0.3) is 0 Å². The van der Waals surface area contributed by atoms with E-state index in [4.69, 9.17) is 10.5 Å². The van der Waals surface area contributed by atoms with Crippen LogP contribution < -0.4 is 11.1 Å². The number of rotatable bonds is 3. The van der Waals surface area contributed by atoms with Gasteiger partial charge in [-0.05, 0) is 24.3 Å². The molecule has 1 aromatic heterocycles. The minimum absolute atomic E-state index is 0.0296. The minimum Gasteiger partial charge on any atom is -0.369 e. The highest BCUT2D eigenvalue weighted by atomic mass is 16.5. The molecule has 1 atom stereocenters. The Morgan fingerprint density at radius 2 is 2.14 bits per heavy atom. The molecule has 3 rings (SSSR count). The summed E-state index contributed by atoms with van der Waals surface area (Å²) in [4.78, 5) is 15.9. The highest BCUT2D eigenvalue weighted by molar-refractivity contribution is 5.93. The third-order valence-corrected chi connectivity index (χ3v) is 3.47. The van der Waals surface area contributed by atoms with E-state index in [2.05, 4.69) is 10.3 Å². The number of morpholine rings is 1. The van der Waals surface area contributed by atoms with Gasteiger partial charge in [0, 0.05) is 24.2 Å². The highest BCUT2D eigenvalue weighted by Gasteiger charge is 2.17. The summed E-state index contributed by atoms with van der Waals surface area (Å²) in [5.74, 6) is -0.437. The quantitative estimate of drug-likeness (QED) is 0.895. The molecule has 0 saturated carbocycles. The zero-order valence-electron chi connectivity index (χ0n) is 11.6. The Balaban J connectivity index is 1.92. The minimum atomic E-state index is -0.437. The molecule has 0 spiro atoms. The number of nitrogens with two attached hydrogens (primary N) is 1. The number of nitrogens with one attached hydrogen (secondary N) is 1. The van der Waals surface area contributed by atoms with Gasteiger partial charge in [-0.3, -0.25) is 9.78 Å². The van der Waals surface area contributed by atoms with Crippen LogP contribution in [0.15, 0.2) is 42.5 Å². The summed E-state index contributed by atoms with van der Waals surface area (Å²) < 4.78 is 5.72. The van der Waals surface area contributed by atoms with Crippen LogP contribution in [-0.2, 0) is 4.74 Å². The Morgan fingerprint density at radius 1 is 1.29 bits per heavy atom. The van der Waals surface area contributed by atoms with Crippen molar-refractivity contribution in [1.29, 1.82) is 0 Å². The average molecular weight is 283 g/mol. The maximum absolute atomic E-state index is 11.3. The smallest absolute Gasteiger partial charge is 0.248 e. The number of hydrogen-bond acceptors (Lipinski definition) is 4. The summed E-state index contributed by atoms with van der Waals surface area (Å²) >= 11 is 0. The second-order valence-electron chi connectivity index (χ2n) is 4.96. The summed E-state index contributed by atoms with van der Waals surface area (Å²) in [6.07, 6.45) is -0.0296. The zero-order chi connectivity index (χ0) is 14.7. The Kier molecular flexibility index (Phi) is 3.94. The van der Waals surface area contributed by atoms with Crippen molar-refractivity contribution >= 4 is 5.91 Å². The van der Waals surface area contributed by atoms with Crippen LogP contribution in [0.4, 0.5) is 0 Å². The SMILES string of the molecule is NC(=O)c1cccc(-c2cccc([C@H]3CNCCO3)n2)c1. The van der Waals surface area contributed by atoms with Crippen LogP contribution in [0.25, 0.3) is 11.3 Å². The second-order valence-corrected chi connectivity index (χ2v) is 4.96. The molecule has 1 aliphatic rings. The van der Waals surface area contributed by atoms with Crippen molar-refractivity contribution in [3.05, 3.63) is 53.7 Å². The van der Waals surface area contributed by atoms with Crippen molar-refractivity contribution in [2.24, 2.45) is 5.73 Å². The number of hydrogen-bond donors (Lipinski definition) is 2. The fraction of sp³-hybridized carbons (Fsp3) is 0.250. The molecule has 1 fully saturated rings. The standard InChI is InChI=1S/C16H17N3O2/c17-16(20)12-4-1-3-11(9-12)13-5-2-6-14(19-13)15-10-18-7-8-21-15/h1-6,9,15,18H,7-8,10H2,(H2,17,20)/t15-/m1/s1. The molecular formula is C16H17N3O2. The van der Waals surface area contributed by atoms with E-state index < -0.39 is 5.91 Å². The molecule has 2 aromatic rings. The number of carbonyl (C=O) groups excluding carboxylic acids is 1. The molecular weight excluding hydrogens is 266 g/mol. The topological polar surface area (TPSA) is 77.2 Å². The lowest BCUT2D eigenvalue weighted by Gasteiger charge is -2.23. The van der Waals surface area contributed by atoms with Gasteiger partial charge in [-0.2, -0.15) is 0 Å². The number of carbonyl (C=O) groups is 1. The van der Waals surface area contributed by atoms with Crippen molar-refractivity contribution in [2.45, 2.75) is 6.10 Å². The van der Waals surface area contributed by atoms with Gasteiger partial charge in [0.15, 0.2) is 0 Å². The Bertz CT molecular complexity index is 651. The predicted octanol–water partition coefficient (Wildman–Crippen LogP) is 1.51. The van der Waals surface area contributed by atoms with Crippen LogP contribution in [0.5, 0.6) is 0 Å². The Morgan fingerprint density at radius 3 is 2.90 bits per heavy atom. The van der Waals surface area contributed by atoms with Gasteiger partial charge in [0.2, 0.25) is 5.91 Å². The van der Waals surface area contributed by atoms with E-state index in [1.54, 1.807) is 12.1 Å². The van der Waals surface area contributed by atoms with Crippen molar-refractivity contribution in [2.75, 3.05) is 19.7 Å². The molecule has 0 bridgehead atoms. The summed E-state index contributed by atoms with van der Waals surface area (Å²) in [6.45, 7) is 2.32. The van der Waals surface area contributed by atoms with E-state index in [-0.39, 0.29) is 6.10 Å². The van der Waals surface area contributed by atoms with Crippen LogP contribution in [0.3, 0.4) is 0 Å². The first-order chi connectivity index (χ1) is 10.2. The lowest BCUT2D eigenvalue weighted by atomic mass is 10.1. The van der Waals surface area contributed by atoms with Gasteiger partial charge < -0.3 is 15.8 Å². The van der Waals surface area contributed by atoms with Gasteiger partial charge in [0.05, 0.1) is 18.0 Å². The van der Waals surface area contributed by atoms with E-state index >= 15 is 0 Å². The Hall–Kier alpha value is -2.24. The molecule has 0 radical (unpaired) electrons. The summed E-state index contributed by atoms with van der Waals surface area (Å²) in [7, 11) is 0. The number of ether oxygens (including phenoxy) is 1. The van der Waals surface area contributed by atoms with Crippen LogP contribution in [-0.4, -0.2) is 30.6 Å². The molecule has 1 aromatic carbocycles. The zero-order valence-corrected chi connectivity index (χ0v) is 11.6. The largest absolute Gasteiger partial charge is 0.369 e. The van der Waals surface area contributed by atoms with E-state index in [0.717, 1.165) is 30.0 Å². The van der Waals surface area contributed by atoms with Gasteiger partial charge in [0.1, 0.15) is 6.10 Å². The number of nitrogens with zero attached hydrogens (tertiary/aromatic N) is 1. The number of pyridine rings is 1. The lowest BCUT2D eigenvalue weighted by molar-refractivity contribution is 0.0251. The van der Waals surface area contributed by atoms with E-state index in [9.17, 15) is 4.79 Å². The molecule has 5 nitrogen and oxygen atoms in total. The van der Waals surface area contributed by atoms with Crippen molar-refractivity contribution in [1.82, 2.24) is 10.3 Å². The molecule has 1 aliphatic heterocycles. The number of benzene rings is 1. The normalized spacial score (nSPS) is 18.4. The van der Waals surface area contributed by atoms with Crippen LogP contribution >= 0.6 is 0 Å². The maximum atomic E-state index is 11.3. The average Bonchev–Trinajstić information content (AvgIpc) is 2.56. The molecule has 0 unspecified atom stereocenters. The monoisotopic (exact) mass is 283 g/mol. The van der Waals surface area contributed by atoms with Crippen LogP contribution in [0.1, 0.15) is 22.2 Å². The third-order valence-electron chi connectivity index (χ3n) is 3.47. The van der Waals surface area contributed by atoms with Crippen LogP contribution in [0, 0.1) is 0 Å². The fourth-order valence-corrected chi connectivity index (χ4v) is 2.38. The van der Waals surface area contributed by atoms with E-state index in [1.807, 2.05) is 30.3 Å². The van der Waals surface area contributed by atoms with Crippen molar-refractivity contribution < 1.29 is 9.53 Å². The summed E-state index contributed by atoms with van der Waals surface area (Å²) in [5.41, 5.74) is 8.38. The van der Waals surface area contributed by atoms with Gasteiger partial charge in [-0.25, -0.2) is 0 Å². The molecule has 2 heterocycles. The first-order valence-electron chi connectivity index (χ1n) is 6.93. The first kappa shape index (κ1) is 13.7. The summed E-state index contributed by atoms with van der Waals surface area (Å²) in [6, 6.07) is 13.0. The molecule has 0 aliphatic carbocycles. The third kappa shape index (κ3) is 3.09. The molecule has 1 saturated heterocycles. The van der Waals surface area contributed by atoms with Crippen molar-refractivity contribution in [3.8, 4) is 11.3 Å². The summed E-state index contributed by atoms with van der Waals surface area (Å²) in [5, 5.41) is 3.29. The van der Waals surface area contributed by atoms with Crippen molar-refractivity contribution in [3.63, 3.8) is 0 Å². The van der Waals surface area contributed by atoms with Crippen LogP contribution in [0.2, 0.25) is 0 Å². The van der Waals surface area contributed by atoms with E-state index in [1.165, 1.54) is 0 Å². The molecule has 3 N–H and O–H groups in total. The lowest BCUT2D eigenvalue weighted by Crippen LogP contribution is -2.33. The molecule has 21 heavy (non-hydrogen) atoms. The molecule has 108 valence electrons. The number of aromatic nitrogens is 1. The highest BCUT2D eigenvalue weighted by Crippen LogP contribution is 2.22. The number of amides is 1. The van der Waals surface area contributed by atoms with Gasteiger partial charge in [-0.1, -0.05) is 18.2 Å².